The van der Waals surface area contributed by atoms with Crippen molar-refractivity contribution in [1.82, 2.24) is 15.2 Å². The Morgan fingerprint density at radius 1 is 1.03 bits per heavy atom. The van der Waals surface area contributed by atoms with Crippen LogP contribution in [0.4, 0.5) is 5.82 Å². The molecular formula is C25H31N5O. The van der Waals surface area contributed by atoms with E-state index < -0.39 is 0 Å². The van der Waals surface area contributed by atoms with Crippen molar-refractivity contribution in [1.29, 1.82) is 5.41 Å². The first-order valence-corrected chi connectivity index (χ1v) is 11.6. The Balaban J connectivity index is 1.18. The number of nitrogens with one attached hydrogen (secondary N) is 2. The Morgan fingerprint density at radius 3 is 2.55 bits per heavy atom. The van der Waals surface area contributed by atoms with Crippen LogP contribution in [0.15, 0.2) is 36.5 Å². The van der Waals surface area contributed by atoms with Crippen molar-refractivity contribution in [2.75, 3.05) is 24.5 Å². The monoisotopic (exact) mass is 417 g/mol. The van der Waals surface area contributed by atoms with Crippen molar-refractivity contribution < 1.29 is 4.79 Å². The lowest BCUT2D eigenvalue weighted by Gasteiger charge is -2.36. The number of amidine groups is 1. The molecule has 0 bridgehead atoms. The predicted molar refractivity (Wildman–Crippen MR) is 123 cm³/mol. The number of hydrogen-bond acceptors (Lipinski definition) is 4. The first-order chi connectivity index (χ1) is 15.2. The van der Waals surface area contributed by atoms with Gasteiger partial charge in [-0.1, -0.05) is 24.6 Å². The molecule has 1 aliphatic carbocycles. The molecule has 1 amide bonds. The van der Waals surface area contributed by atoms with Crippen LogP contribution in [0, 0.1) is 5.41 Å². The SMILES string of the molecule is N=C1CCCN1c1ccc(C(=O)NCc2ccc3c(c2)CCN(C2CCC2)CC3)cn1. The number of carbonyl (C=O) groups is 1. The Bertz CT molecular complexity index is 966. The highest BCUT2D eigenvalue weighted by Gasteiger charge is 2.26. The van der Waals surface area contributed by atoms with E-state index in [-0.39, 0.29) is 5.91 Å². The Labute approximate surface area is 184 Å². The molecule has 1 saturated heterocycles. The van der Waals surface area contributed by atoms with Crippen LogP contribution in [0.25, 0.3) is 0 Å². The van der Waals surface area contributed by atoms with E-state index >= 15 is 0 Å². The fraction of sp³-hybridized carbons (Fsp3) is 0.480. The van der Waals surface area contributed by atoms with Gasteiger partial charge in [0.1, 0.15) is 11.7 Å². The number of benzene rings is 1. The van der Waals surface area contributed by atoms with Gasteiger partial charge in [0.05, 0.1) is 5.56 Å². The highest BCUT2D eigenvalue weighted by Crippen LogP contribution is 2.27. The molecule has 2 aromatic rings. The van der Waals surface area contributed by atoms with Gasteiger partial charge in [0.25, 0.3) is 5.91 Å². The van der Waals surface area contributed by atoms with Crippen molar-refractivity contribution >= 4 is 17.6 Å². The number of pyridine rings is 1. The summed E-state index contributed by atoms with van der Waals surface area (Å²) < 4.78 is 0. The molecule has 31 heavy (non-hydrogen) atoms. The van der Waals surface area contributed by atoms with Crippen LogP contribution in [0.2, 0.25) is 0 Å². The zero-order chi connectivity index (χ0) is 21.2. The molecule has 0 radical (unpaired) electrons. The van der Waals surface area contributed by atoms with Gasteiger partial charge in [0.2, 0.25) is 0 Å². The third-order valence-corrected chi connectivity index (χ3v) is 7.06. The van der Waals surface area contributed by atoms with Gasteiger partial charge in [-0.2, -0.15) is 0 Å². The van der Waals surface area contributed by atoms with Crippen molar-refractivity contribution in [3.63, 3.8) is 0 Å². The van der Waals surface area contributed by atoms with E-state index in [0.29, 0.717) is 17.9 Å². The fourth-order valence-corrected chi connectivity index (χ4v) is 4.91. The first-order valence-electron chi connectivity index (χ1n) is 11.6. The van der Waals surface area contributed by atoms with Crippen LogP contribution in [0.1, 0.15) is 59.2 Å². The second-order valence-electron chi connectivity index (χ2n) is 9.01. The van der Waals surface area contributed by atoms with Gasteiger partial charge in [-0.15, -0.1) is 0 Å². The van der Waals surface area contributed by atoms with Crippen molar-refractivity contribution in [3.8, 4) is 0 Å². The molecule has 2 fully saturated rings. The molecule has 3 aliphatic rings. The van der Waals surface area contributed by atoms with Gasteiger partial charge < -0.3 is 10.2 Å². The fourth-order valence-electron chi connectivity index (χ4n) is 4.91. The number of aromatic nitrogens is 1. The Morgan fingerprint density at radius 2 is 1.87 bits per heavy atom. The summed E-state index contributed by atoms with van der Waals surface area (Å²) in [6.45, 7) is 3.68. The molecule has 1 aromatic heterocycles. The molecule has 0 atom stereocenters. The summed E-state index contributed by atoms with van der Waals surface area (Å²) in [5.74, 6) is 1.24. The third kappa shape index (κ3) is 4.35. The largest absolute Gasteiger partial charge is 0.348 e. The second-order valence-corrected chi connectivity index (χ2v) is 9.01. The van der Waals surface area contributed by atoms with Crippen molar-refractivity contribution in [3.05, 3.63) is 58.8 Å². The lowest BCUT2D eigenvalue weighted by molar-refractivity contribution is 0.0950. The van der Waals surface area contributed by atoms with Crippen LogP contribution in [0.3, 0.4) is 0 Å². The molecule has 0 spiro atoms. The smallest absolute Gasteiger partial charge is 0.253 e. The average molecular weight is 418 g/mol. The topological polar surface area (TPSA) is 72.3 Å². The molecule has 5 rings (SSSR count). The molecule has 1 aromatic carbocycles. The van der Waals surface area contributed by atoms with Gasteiger partial charge in [-0.3, -0.25) is 15.1 Å². The maximum atomic E-state index is 12.6. The van der Waals surface area contributed by atoms with Crippen LogP contribution in [0.5, 0.6) is 0 Å². The van der Waals surface area contributed by atoms with Gasteiger partial charge in [-0.25, -0.2) is 4.98 Å². The van der Waals surface area contributed by atoms with E-state index in [2.05, 4.69) is 33.4 Å². The number of nitrogens with zero attached hydrogens (tertiary/aromatic N) is 3. The standard InChI is InChI=1S/C25H31N5O/c26-23-5-2-12-30(23)24-9-8-21(17-27-24)25(31)28-16-18-6-7-19-10-13-29(22-3-1-4-22)14-11-20(19)15-18/h6-9,15,17,22,26H,1-5,10-14,16H2,(H,28,31). The van der Waals surface area contributed by atoms with E-state index in [4.69, 9.17) is 5.41 Å². The summed E-state index contributed by atoms with van der Waals surface area (Å²) in [5.41, 5.74) is 4.61. The molecule has 6 nitrogen and oxygen atoms in total. The maximum absolute atomic E-state index is 12.6. The van der Waals surface area contributed by atoms with Crippen LogP contribution < -0.4 is 10.2 Å². The van der Waals surface area contributed by atoms with Crippen molar-refractivity contribution in [2.24, 2.45) is 0 Å². The summed E-state index contributed by atoms with van der Waals surface area (Å²) in [4.78, 5) is 21.6. The minimum atomic E-state index is -0.110. The summed E-state index contributed by atoms with van der Waals surface area (Å²) in [6, 6.07) is 11.1. The quantitative estimate of drug-likeness (QED) is 0.781. The maximum Gasteiger partial charge on any atom is 0.253 e. The molecular weight excluding hydrogens is 386 g/mol. The minimum absolute atomic E-state index is 0.110. The van der Waals surface area contributed by atoms with Gasteiger partial charge in [-0.05, 0) is 60.9 Å². The summed E-state index contributed by atoms with van der Waals surface area (Å²) in [7, 11) is 0. The number of carbonyl (C=O) groups excluding carboxylic acids is 1. The van der Waals surface area contributed by atoms with Gasteiger partial charge >= 0.3 is 0 Å². The molecule has 162 valence electrons. The summed E-state index contributed by atoms with van der Waals surface area (Å²) in [5, 5.41) is 11.0. The highest BCUT2D eigenvalue weighted by atomic mass is 16.1. The van der Waals surface area contributed by atoms with E-state index in [9.17, 15) is 4.79 Å². The Kier molecular flexibility index (Phi) is 5.72. The van der Waals surface area contributed by atoms with E-state index in [0.717, 1.165) is 56.2 Å². The highest BCUT2D eigenvalue weighted by molar-refractivity contribution is 5.97. The van der Waals surface area contributed by atoms with Gasteiger partial charge in [0.15, 0.2) is 0 Å². The van der Waals surface area contributed by atoms with E-state index in [1.54, 1.807) is 12.3 Å². The predicted octanol–water partition coefficient (Wildman–Crippen LogP) is 3.54. The molecule has 6 heteroatoms. The zero-order valence-electron chi connectivity index (χ0n) is 18.1. The summed E-state index contributed by atoms with van der Waals surface area (Å²) in [6.07, 6.45) is 9.75. The van der Waals surface area contributed by atoms with E-state index in [1.807, 2.05) is 11.0 Å². The molecule has 0 unspecified atom stereocenters. The normalized spacial score (nSPS) is 19.6. The van der Waals surface area contributed by atoms with Crippen LogP contribution >= 0.6 is 0 Å². The van der Waals surface area contributed by atoms with E-state index in [1.165, 1.54) is 36.9 Å². The van der Waals surface area contributed by atoms with Crippen molar-refractivity contribution in [2.45, 2.75) is 57.5 Å². The first kappa shape index (κ1) is 20.2. The summed E-state index contributed by atoms with van der Waals surface area (Å²) >= 11 is 0. The number of fused-ring (bicyclic) bond motifs is 1. The molecule has 1 saturated carbocycles. The van der Waals surface area contributed by atoms with Crippen LogP contribution in [-0.4, -0.2) is 47.3 Å². The minimum Gasteiger partial charge on any atom is -0.348 e. The molecule has 2 N–H and O–H groups in total. The number of anilines is 1. The zero-order valence-corrected chi connectivity index (χ0v) is 18.1. The number of amides is 1. The van der Waals surface area contributed by atoms with Gasteiger partial charge in [0, 0.05) is 44.8 Å². The second kappa shape index (κ2) is 8.79. The Hall–Kier alpha value is -2.73. The molecule has 2 aliphatic heterocycles. The lowest BCUT2D eigenvalue weighted by atomic mass is 9.91. The van der Waals surface area contributed by atoms with Crippen LogP contribution in [-0.2, 0) is 19.4 Å². The third-order valence-electron chi connectivity index (χ3n) is 7.06. The number of hydrogen-bond donors (Lipinski definition) is 2. The lowest BCUT2D eigenvalue weighted by Crippen LogP contribution is -2.41. The molecule has 3 heterocycles. The number of rotatable bonds is 5. The average Bonchev–Trinajstić information content (AvgIpc) is 3.08.